The molecule has 9 heteroatoms. The summed E-state index contributed by atoms with van der Waals surface area (Å²) in [5.74, 6) is -0.333. The van der Waals surface area contributed by atoms with Gasteiger partial charge in [-0.1, -0.05) is 17.7 Å². The molecule has 2 heterocycles. The van der Waals surface area contributed by atoms with Gasteiger partial charge in [0.2, 0.25) is 5.91 Å². The van der Waals surface area contributed by atoms with Crippen LogP contribution in [0.4, 0.5) is 0 Å². The van der Waals surface area contributed by atoms with Gasteiger partial charge in [0.15, 0.2) is 0 Å². The van der Waals surface area contributed by atoms with E-state index in [1.807, 2.05) is 31.2 Å². The van der Waals surface area contributed by atoms with Crippen molar-refractivity contribution in [2.75, 3.05) is 19.6 Å². The smallest absolute Gasteiger partial charge is 0.272 e. The second-order valence-electron chi connectivity index (χ2n) is 7.17. The number of aromatic nitrogens is 2. The van der Waals surface area contributed by atoms with E-state index in [9.17, 15) is 14.4 Å². The van der Waals surface area contributed by atoms with Gasteiger partial charge in [0.25, 0.3) is 11.5 Å². The van der Waals surface area contributed by atoms with Gasteiger partial charge in [-0.2, -0.15) is 0 Å². The minimum atomic E-state index is -0.281. The maximum Gasteiger partial charge on any atom is 0.272 e. The average Bonchev–Trinajstić information content (AvgIpc) is 3.08. The van der Waals surface area contributed by atoms with Crippen LogP contribution in [0, 0.1) is 6.92 Å². The van der Waals surface area contributed by atoms with E-state index in [4.69, 9.17) is 5.73 Å². The first-order valence-electron chi connectivity index (χ1n) is 9.66. The summed E-state index contributed by atoms with van der Waals surface area (Å²) in [4.78, 5) is 38.9. The van der Waals surface area contributed by atoms with Crippen LogP contribution in [0.15, 0.2) is 35.1 Å². The lowest BCUT2D eigenvalue weighted by Gasteiger charge is -2.35. The fraction of sp³-hybridized carbons (Fsp3) is 0.450. The van der Waals surface area contributed by atoms with Crippen molar-refractivity contribution < 1.29 is 9.59 Å². The molecule has 1 unspecified atom stereocenters. The Bertz CT molecular complexity index is 890. The summed E-state index contributed by atoms with van der Waals surface area (Å²) in [5, 5.41) is 5.78. The molecule has 8 nitrogen and oxygen atoms in total. The number of carbonyl (C=O) groups excluding carboxylic acids is 2. The first-order valence-corrected chi connectivity index (χ1v) is 9.66. The number of nitrogens with zero attached hydrogens (tertiary/aromatic N) is 2. The number of benzene rings is 1. The van der Waals surface area contributed by atoms with Crippen molar-refractivity contribution in [1.82, 2.24) is 20.0 Å². The maximum atomic E-state index is 13.0. The molecule has 1 aliphatic rings. The number of nitrogens with two attached hydrogens (primary N) is 1. The minimum absolute atomic E-state index is 0. The second-order valence-corrected chi connectivity index (χ2v) is 7.17. The monoisotopic (exact) mass is 421 g/mol. The van der Waals surface area contributed by atoms with Gasteiger partial charge in [-0.15, -0.1) is 12.4 Å². The zero-order valence-electron chi connectivity index (χ0n) is 16.5. The molecule has 3 rings (SSSR count). The first-order chi connectivity index (χ1) is 13.5. The van der Waals surface area contributed by atoms with Crippen LogP contribution < -0.4 is 16.6 Å². The van der Waals surface area contributed by atoms with Crippen LogP contribution in [0.2, 0.25) is 0 Å². The number of amides is 2. The molecular weight excluding hydrogens is 394 g/mol. The number of rotatable bonds is 6. The van der Waals surface area contributed by atoms with E-state index >= 15 is 0 Å². The van der Waals surface area contributed by atoms with E-state index < -0.39 is 0 Å². The largest absolute Gasteiger partial charge is 0.354 e. The van der Waals surface area contributed by atoms with Crippen LogP contribution >= 0.6 is 12.4 Å². The zero-order valence-corrected chi connectivity index (χ0v) is 17.3. The fourth-order valence-corrected chi connectivity index (χ4v) is 3.48. The van der Waals surface area contributed by atoms with Crippen LogP contribution in [0.1, 0.15) is 41.7 Å². The summed E-state index contributed by atoms with van der Waals surface area (Å²) in [7, 11) is 0. The standard InChI is InChI=1S/C20H27N5O3.ClH/c1-14-5-7-15(8-6-14)25-19(27)12-17(23-25)20(28)24-11-3-2-4-16(24)13-22-18(26)9-10-21;/h5-8,12,16,23H,2-4,9-11,13,21H2,1H3,(H,22,26);1H. The van der Waals surface area contributed by atoms with Gasteiger partial charge in [0.05, 0.1) is 5.69 Å². The summed E-state index contributed by atoms with van der Waals surface area (Å²) in [6, 6.07) is 8.73. The molecule has 1 fully saturated rings. The zero-order chi connectivity index (χ0) is 20.1. The summed E-state index contributed by atoms with van der Waals surface area (Å²) in [5.41, 5.74) is 7.15. The Balaban J connectivity index is 0.00000300. The number of piperidine rings is 1. The lowest BCUT2D eigenvalue weighted by atomic mass is 10.0. The number of halogens is 1. The molecule has 0 radical (unpaired) electrons. The van der Waals surface area contributed by atoms with Gasteiger partial charge in [-0.05, 0) is 38.3 Å². The van der Waals surface area contributed by atoms with Gasteiger partial charge in [-0.25, -0.2) is 4.68 Å². The Morgan fingerprint density at radius 2 is 1.97 bits per heavy atom. The SMILES string of the molecule is Cc1ccc(-n2[nH]c(C(=O)N3CCCCC3CNC(=O)CCN)cc2=O)cc1.Cl. The normalized spacial score (nSPS) is 16.2. The molecule has 4 N–H and O–H groups in total. The van der Waals surface area contributed by atoms with Gasteiger partial charge >= 0.3 is 0 Å². The summed E-state index contributed by atoms with van der Waals surface area (Å²) in [6.45, 7) is 3.27. The second kappa shape index (κ2) is 10.3. The molecule has 158 valence electrons. The van der Waals surface area contributed by atoms with Crippen molar-refractivity contribution in [3.05, 3.63) is 51.9 Å². The highest BCUT2D eigenvalue weighted by molar-refractivity contribution is 5.92. The molecule has 2 aromatic rings. The number of H-pyrrole nitrogens is 1. The van der Waals surface area contributed by atoms with Gasteiger partial charge in [-0.3, -0.25) is 19.5 Å². The maximum absolute atomic E-state index is 13.0. The summed E-state index contributed by atoms with van der Waals surface area (Å²) >= 11 is 0. The Kier molecular flexibility index (Phi) is 8.04. The summed E-state index contributed by atoms with van der Waals surface area (Å²) < 4.78 is 1.37. The highest BCUT2D eigenvalue weighted by Crippen LogP contribution is 2.19. The van der Waals surface area contributed by atoms with E-state index in [0.29, 0.717) is 25.3 Å². The molecule has 2 amide bonds. The number of aromatic amines is 1. The summed E-state index contributed by atoms with van der Waals surface area (Å²) in [6.07, 6.45) is 2.99. The quantitative estimate of drug-likeness (QED) is 0.653. The van der Waals surface area contributed by atoms with Crippen LogP contribution in [0.5, 0.6) is 0 Å². The van der Waals surface area contributed by atoms with Crippen LogP contribution in [0.3, 0.4) is 0 Å². The molecule has 1 atom stereocenters. The van der Waals surface area contributed by atoms with E-state index in [-0.39, 0.29) is 47.9 Å². The van der Waals surface area contributed by atoms with Gasteiger partial charge in [0.1, 0.15) is 5.69 Å². The molecule has 0 saturated carbocycles. The molecule has 1 aliphatic heterocycles. The van der Waals surface area contributed by atoms with Crippen molar-refractivity contribution in [3.8, 4) is 5.69 Å². The molecule has 1 aromatic carbocycles. The van der Waals surface area contributed by atoms with E-state index in [2.05, 4.69) is 10.4 Å². The number of hydrogen-bond acceptors (Lipinski definition) is 4. The number of likely N-dealkylation sites (tertiary alicyclic amines) is 1. The molecule has 1 saturated heterocycles. The fourth-order valence-electron chi connectivity index (χ4n) is 3.48. The number of hydrogen-bond donors (Lipinski definition) is 3. The van der Waals surface area contributed by atoms with E-state index in [0.717, 1.165) is 24.8 Å². The van der Waals surface area contributed by atoms with Crippen molar-refractivity contribution >= 4 is 24.2 Å². The Morgan fingerprint density at radius 3 is 2.66 bits per heavy atom. The third-order valence-electron chi connectivity index (χ3n) is 5.04. The molecular formula is C20H28ClN5O3. The van der Waals surface area contributed by atoms with Gasteiger partial charge in [0, 0.05) is 38.2 Å². The van der Waals surface area contributed by atoms with Crippen molar-refractivity contribution in [3.63, 3.8) is 0 Å². The highest BCUT2D eigenvalue weighted by atomic mass is 35.5. The van der Waals surface area contributed by atoms with Crippen molar-refractivity contribution in [2.45, 2.75) is 38.6 Å². The lowest BCUT2D eigenvalue weighted by molar-refractivity contribution is -0.121. The van der Waals surface area contributed by atoms with Crippen LogP contribution in [0.25, 0.3) is 5.69 Å². The third kappa shape index (κ3) is 5.48. The Morgan fingerprint density at radius 1 is 1.24 bits per heavy atom. The van der Waals surface area contributed by atoms with E-state index in [1.54, 1.807) is 4.90 Å². The van der Waals surface area contributed by atoms with Crippen LogP contribution in [-0.2, 0) is 4.79 Å². The predicted octanol–water partition coefficient (Wildman–Crippen LogP) is 1.36. The number of aryl methyl sites for hydroxylation is 1. The third-order valence-corrected chi connectivity index (χ3v) is 5.04. The van der Waals surface area contributed by atoms with Crippen LogP contribution in [-0.4, -0.2) is 52.2 Å². The molecule has 1 aromatic heterocycles. The minimum Gasteiger partial charge on any atom is -0.354 e. The van der Waals surface area contributed by atoms with Gasteiger partial charge < -0.3 is 16.0 Å². The topological polar surface area (TPSA) is 113 Å². The Labute approximate surface area is 175 Å². The average molecular weight is 422 g/mol. The molecule has 0 aliphatic carbocycles. The van der Waals surface area contributed by atoms with E-state index in [1.165, 1.54) is 10.7 Å². The van der Waals surface area contributed by atoms with Crippen molar-refractivity contribution in [2.24, 2.45) is 5.73 Å². The predicted molar refractivity (Wildman–Crippen MR) is 114 cm³/mol. The Hall–Kier alpha value is -2.58. The number of carbonyl (C=O) groups is 2. The number of nitrogens with one attached hydrogen (secondary N) is 2. The van der Waals surface area contributed by atoms with Crippen molar-refractivity contribution in [1.29, 1.82) is 0 Å². The highest BCUT2D eigenvalue weighted by Gasteiger charge is 2.29. The molecule has 0 bridgehead atoms. The lowest BCUT2D eigenvalue weighted by Crippen LogP contribution is -2.49. The molecule has 0 spiro atoms. The molecule has 29 heavy (non-hydrogen) atoms. The first kappa shape index (κ1) is 22.7.